The van der Waals surface area contributed by atoms with Crippen LogP contribution in [0.4, 0.5) is 5.82 Å². The van der Waals surface area contributed by atoms with Gasteiger partial charge in [-0.25, -0.2) is 14.6 Å². The van der Waals surface area contributed by atoms with E-state index in [1.165, 1.54) is 4.68 Å². The van der Waals surface area contributed by atoms with Crippen LogP contribution < -0.4 is 10.5 Å². The summed E-state index contributed by atoms with van der Waals surface area (Å²) in [5.74, 6) is 1.65. The van der Waals surface area contributed by atoms with Crippen LogP contribution in [0.2, 0.25) is 0 Å². The summed E-state index contributed by atoms with van der Waals surface area (Å²) in [7, 11) is 0. The van der Waals surface area contributed by atoms with Gasteiger partial charge >= 0.3 is 0 Å². The second-order valence-corrected chi connectivity index (χ2v) is 6.02. The maximum absolute atomic E-state index is 12.0. The first-order chi connectivity index (χ1) is 11.7. The maximum Gasteiger partial charge on any atom is 0.266 e. The van der Waals surface area contributed by atoms with Crippen molar-refractivity contribution in [1.82, 2.24) is 24.7 Å². The average Bonchev–Trinajstić information content (AvgIpc) is 3.04. The van der Waals surface area contributed by atoms with E-state index in [9.17, 15) is 4.79 Å². The Kier molecular flexibility index (Phi) is 3.68. The number of fused-ring (bicyclic) bond motifs is 1. The summed E-state index contributed by atoms with van der Waals surface area (Å²) >= 11 is 0. The minimum Gasteiger partial charge on any atom is -0.351 e. The van der Waals surface area contributed by atoms with Crippen molar-refractivity contribution in [3.05, 3.63) is 53.0 Å². The zero-order valence-electron chi connectivity index (χ0n) is 13.5. The van der Waals surface area contributed by atoms with Crippen molar-refractivity contribution in [3.8, 4) is 0 Å². The molecule has 3 aromatic heterocycles. The molecule has 122 valence electrons. The van der Waals surface area contributed by atoms with Crippen LogP contribution in [-0.2, 0) is 6.54 Å². The Labute approximate surface area is 139 Å². The van der Waals surface area contributed by atoms with Crippen LogP contribution >= 0.6 is 0 Å². The summed E-state index contributed by atoms with van der Waals surface area (Å²) < 4.78 is 1.53. The molecule has 1 aliphatic rings. The fourth-order valence-corrected chi connectivity index (χ4v) is 3.32. The van der Waals surface area contributed by atoms with Crippen molar-refractivity contribution in [3.63, 3.8) is 0 Å². The van der Waals surface area contributed by atoms with Crippen molar-refractivity contribution in [1.29, 1.82) is 0 Å². The predicted molar refractivity (Wildman–Crippen MR) is 90.9 cm³/mol. The number of nitrogens with zero attached hydrogens (tertiary/aromatic N) is 6. The van der Waals surface area contributed by atoms with Crippen LogP contribution in [0.15, 0.2) is 41.6 Å². The molecular weight excluding hydrogens is 304 g/mol. The molecule has 7 nitrogen and oxygen atoms in total. The molecule has 0 saturated carbocycles. The van der Waals surface area contributed by atoms with Crippen molar-refractivity contribution >= 4 is 16.7 Å². The number of pyridine rings is 1. The van der Waals surface area contributed by atoms with Crippen molar-refractivity contribution in [2.45, 2.75) is 32.4 Å². The van der Waals surface area contributed by atoms with E-state index in [2.05, 4.69) is 25.0 Å². The highest BCUT2D eigenvalue weighted by molar-refractivity contribution is 5.89. The predicted octanol–water partition coefficient (Wildman–Crippen LogP) is 1.56. The first-order valence-corrected chi connectivity index (χ1v) is 8.09. The molecule has 0 aromatic carbocycles. The molecule has 4 rings (SSSR count). The summed E-state index contributed by atoms with van der Waals surface area (Å²) in [6.45, 7) is 3.37. The van der Waals surface area contributed by atoms with Gasteiger partial charge in [0.1, 0.15) is 11.6 Å². The lowest BCUT2D eigenvalue weighted by Crippen LogP contribution is -2.37. The Morgan fingerprint density at radius 1 is 1.25 bits per heavy atom. The van der Waals surface area contributed by atoms with Gasteiger partial charge < -0.3 is 4.90 Å². The number of aromatic nitrogens is 5. The van der Waals surface area contributed by atoms with Gasteiger partial charge in [0.15, 0.2) is 0 Å². The lowest BCUT2D eigenvalue weighted by Gasteiger charge is -2.27. The fraction of sp³-hybridized carbons (Fsp3) is 0.353. The van der Waals surface area contributed by atoms with Gasteiger partial charge in [-0.15, -0.1) is 0 Å². The van der Waals surface area contributed by atoms with Crippen LogP contribution in [0, 0.1) is 6.92 Å². The second-order valence-electron chi connectivity index (χ2n) is 6.02. The van der Waals surface area contributed by atoms with Crippen LogP contribution in [0.5, 0.6) is 0 Å². The zero-order chi connectivity index (χ0) is 16.5. The minimum absolute atomic E-state index is 0.0720. The Hall–Kier alpha value is -2.83. The summed E-state index contributed by atoms with van der Waals surface area (Å²) in [5, 5.41) is 5.18. The van der Waals surface area contributed by atoms with E-state index in [4.69, 9.17) is 0 Å². The Bertz CT molecular complexity index is 938. The molecule has 4 heterocycles. The van der Waals surface area contributed by atoms with E-state index in [1.807, 2.05) is 13.0 Å². The van der Waals surface area contributed by atoms with Crippen LogP contribution in [-0.4, -0.2) is 37.3 Å². The van der Waals surface area contributed by atoms with Gasteiger partial charge in [-0.3, -0.25) is 9.78 Å². The normalized spacial score (nSPS) is 17.5. The van der Waals surface area contributed by atoms with Gasteiger partial charge in [-0.1, -0.05) is 0 Å². The lowest BCUT2D eigenvalue weighted by atomic mass is 10.2. The molecule has 0 radical (unpaired) electrons. The largest absolute Gasteiger partial charge is 0.351 e. The second kappa shape index (κ2) is 5.99. The van der Waals surface area contributed by atoms with E-state index < -0.39 is 0 Å². The van der Waals surface area contributed by atoms with Gasteiger partial charge in [0.05, 0.1) is 24.3 Å². The highest BCUT2D eigenvalue weighted by atomic mass is 16.1. The highest BCUT2D eigenvalue weighted by Crippen LogP contribution is 2.30. The molecule has 1 saturated heterocycles. The molecule has 0 bridgehead atoms. The molecule has 0 aliphatic carbocycles. The molecule has 0 amide bonds. The highest BCUT2D eigenvalue weighted by Gasteiger charge is 2.28. The van der Waals surface area contributed by atoms with E-state index >= 15 is 0 Å². The van der Waals surface area contributed by atoms with E-state index in [0.717, 1.165) is 41.9 Å². The first-order valence-electron chi connectivity index (χ1n) is 8.09. The monoisotopic (exact) mass is 322 g/mol. The van der Waals surface area contributed by atoms with Gasteiger partial charge in [0, 0.05) is 30.4 Å². The Morgan fingerprint density at radius 2 is 2.17 bits per heavy atom. The number of hydrogen-bond acceptors (Lipinski definition) is 6. The Balaban J connectivity index is 1.73. The first kappa shape index (κ1) is 14.7. The summed E-state index contributed by atoms with van der Waals surface area (Å²) in [4.78, 5) is 27.5. The van der Waals surface area contributed by atoms with E-state index in [-0.39, 0.29) is 11.6 Å². The molecule has 1 atom stereocenters. The zero-order valence-corrected chi connectivity index (χ0v) is 13.5. The van der Waals surface area contributed by atoms with Crippen molar-refractivity contribution in [2.75, 3.05) is 11.4 Å². The number of anilines is 1. The fourth-order valence-electron chi connectivity index (χ4n) is 3.32. The smallest absolute Gasteiger partial charge is 0.266 e. The summed E-state index contributed by atoms with van der Waals surface area (Å²) in [6, 6.07) is 5.36. The molecule has 1 fully saturated rings. The van der Waals surface area contributed by atoms with Crippen LogP contribution in [0.1, 0.15) is 18.7 Å². The minimum atomic E-state index is -0.0720. The molecular formula is C17H18N6O. The van der Waals surface area contributed by atoms with Gasteiger partial charge in [-0.2, -0.15) is 5.10 Å². The van der Waals surface area contributed by atoms with Gasteiger partial charge in [0.2, 0.25) is 0 Å². The van der Waals surface area contributed by atoms with E-state index in [0.29, 0.717) is 6.54 Å². The third-order valence-electron chi connectivity index (χ3n) is 4.41. The van der Waals surface area contributed by atoms with Crippen molar-refractivity contribution < 1.29 is 0 Å². The van der Waals surface area contributed by atoms with Crippen LogP contribution in [0.3, 0.4) is 0 Å². The molecule has 3 aromatic rings. The van der Waals surface area contributed by atoms with Gasteiger partial charge in [0.25, 0.3) is 5.56 Å². The number of hydrogen-bond donors (Lipinski definition) is 0. The molecule has 1 unspecified atom stereocenters. The SMILES string of the molecule is Cc1nc(N2CCCC2Cn2ncccc2=O)c2ccncc2n1. The third kappa shape index (κ3) is 2.62. The Morgan fingerprint density at radius 3 is 3.04 bits per heavy atom. The lowest BCUT2D eigenvalue weighted by molar-refractivity contribution is 0.487. The molecule has 0 N–H and O–H groups in total. The molecule has 1 aliphatic heterocycles. The van der Waals surface area contributed by atoms with Gasteiger partial charge in [-0.05, 0) is 31.9 Å². The van der Waals surface area contributed by atoms with Crippen molar-refractivity contribution in [2.24, 2.45) is 0 Å². The quantitative estimate of drug-likeness (QED) is 0.728. The van der Waals surface area contributed by atoms with Crippen LogP contribution in [0.25, 0.3) is 10.9 Å². The standard InChI is InChI=1S/C17H18N6O/c1-12-20-15-10-18-8-6-14(15)17(21-12)22-9-3-4-13(22)11-23-16(24)5-2-7-19-23/h2,5-8,10,13H,3-4,9,11H2,1H3. The molecule has 0 spiro atoms. The third-order valence-corrected chi connectivity index (χ3v) is 4.41. The molecule has 7 heteroatoms. The maximum atomic E-state index is 12.0. The summed E-state index contributed by atoms with van der Waals surface area (Å²) in [5.41, 5.74) is 0.776. The number of rotatable bonds is 3. The average molecular weight is 322 g/mol. The molecule has 24 heavy (non-hydrogen) atoms. The van der Waals surface area contributed by atoms with E-state index in [1.54, 1.807) is 30.7 Å². The number of aryl methyl sites for hydroxylation is 1. The summed E-state index contributed by atoms with van der Waals surface area (Å²) in [6.07, 6.45) is 7.26. The topological polar surface area (TPSA) is 76.8 Å².